The quantitative estimate of drug-likeness (QED) is 0.601. The van der Waals surface area contributed by atoms with Gasteiger partial charge < -0.3 is 30.5 Å². The molecule has 0 saturated carbocycles. The van der Waals surface area contributed by atoms with Crippen LogP contribution in [0.3, 0.4) is 0 Å². The number of rotatable bonds is 8. The van der Waals surface area contributed by atoms with Crippen LogP contribution in [0.5, 0.6) is 5.75 Å². The number of nitrogens with zero attached hydrogens (tertiary/aromatic N) is 5. The number of fused-ring (bicyclic) bond motifs is 1. The maximum atomic E-state index is 12.7. The number of nitrogens with two attached hydrogens (primary N) is 1. The number of carbonyl (C=O) groups excluding carboxylic acids is 2. The van der Waals surface area contributed by atoms with Gasteiger partial charge in [-0.1, -0.05) is 6.92 Å². The Kier molecular flexibility index (Phi) is 7.28. The van der Waals surface area contributed by atoms with Gasteiger partial charge in [-0.25, -0.2) is 9.97 Å². The fourth-order valence-corrected chi connectivity index (χ4v) is 4.33. The zero-order valence-corrected chi connectivity index (χ0v) is 20.1. The summed E-state index contributed by atoms with van der Waals surface area (Å²) in [6.45, 7) is 9.65. The topological polar surface area (TPSA) is 117 Å². The molecule has 0 radical (unpaired) electrons. The number of piperazine rings is 1. The second-order valence-electron chi connectivity index (χ2n) is 8.81. The van der Waals surface area contributed by atoms with Crippen LogP contribution in [0.25, 0.3) is 0 Å². The molecule has 1 aromatic carbocycles. The molecule has 0 aliphatic carbocycles. The Hall–Kier alpha value is -3.24. The highest BCUT2D eigenvalue weighted by Gasteiger charge is 2.26. The smallest absolute Gasteiger partial charge is 0.271 e. The summed E-state index contributed by atoms with van der Waals surface area (Å²) in [5.41, 5.74) is 8.49. The van der Waals surface area contributed by atoms with Crippen molar-refractivity contribution in [2.45, 2.75) is 26.7 Å². The molecule has 1 fully saturated rings. The molecule has 2 aromatic rings. The van der Waals surface area contributed by atoms with Crippen LogP contribution in [-0.2, 0) is 11.2 Å². The summed E-state index contributed by atoms with van der Waals surface area (Å²) in [5, 5.41) is 3.16. The van der Waals surface area contributed by atoms with Crippen LogP contribution in [0, 0.1) is 6.92 Å². The Morgan fingerprint density at radius 3 is 2.65 bits per heavy atom. The number of ether oxygens (including phenoxy) is 1. The summed E-state index contributed by atoms with van der Waals surface area (Å²) in [4.78, 5) is 40.1. The first-order chi connectivity index (χ1) is 16.4. The first-order valence-electron chi connectivity index (χ1n) is 11.8. The van der Waals surface area contributed by atoms with E-state index in [1.54, 1.807) is 4.90 Å². The van der Waals surface area contributed by atoms with Crippen molar-refractivity contribution in [1.29, 1.82) is 0 Å². The summed E-state index contributed by atoms with van der Waals surface area (Å²) in [7, 11) is 2.14. The molecule has 1 saturated heterocycles. The highest BCUT2D eigenvalue weighted by atomic mass is 16.5. The average molecular weight is 468 g/mol. The maximum Gasteiger partial charge on any atom is 0.271 e. The number of aryl methyl sites for hydroxylation is 2. The molecule has 34 heavy (non-hydrogen) atoms. The third-order valence-corrected chi connectivity index (χ3v) is 6.35. The number of carbonyl (C=O) groups is 2. The van der Waals surface area contributed by atoms with Crippen molar-refractivity contribution < 1.29 is 14.3 Å². The largest absolute Gasteiger partial charge is 0.482 e. The number of nitrogens with one attached hydrogen (secondary N) is 1. The molecule has 3 N–H and O–H groups in total. The maximum absolute atomic E-state index is 12.7. The monoisotopic (exact) mass is 467 g/mol. The van der Waals surface area contributed by atoms with E-state index in [9.17, 15) is 9.59 Å². The number of hydrogen-bond acceptors (Lipinski definition) is 8. The lowest BCUT2D eigenvalue weighted by Gasteiger charge is -2.34. The van der Waals surface area contributed by atoms with Crippen molar-refractivity contribution in [2.75, 3.05) is 63.1 Å². The standard InChI is InChI=1S/C24H33N7O3/c1-4-18-16(2)26-24(22(28-18)23(25)33)27-17-6-7-20-19(14-17)31(21(32)15-34-20)9-5-8-30-12-10-29(3)11-13-30/h6-7,14H,4-5,8-13,15H2,1-3H3,(H2,25,33)(H,26,27). The third-order valence-electron chi connectivity index (χ3n) is 6.35. The normalized spacial score (nSPS) is 16.8. The van der Waals surface area contributed by atoms with Gasteiger partial charge in [0.25, 0.3) is 11.8 Å². The minimum atomic E-state index is -0.647. The zero-order chi connectivity index (χ0) is 24.2. The Labute approximate surface area is 200 Å². The van der Waals surface area contributed by atoms with Gasteiger partial charge in [0.05, 0.1) is 17.1 Å². The zero-order valence-electron chi connectivity index (χ0n) is 20.1. The molecule has 10 heteroatoms. The highest BCUT2D eigenvalue weighted by molar-refractivity contribution is 5.99. The molecule has 0 spiro atoms. The highest BCUT2D eigenvalue weighted by Crippen LogP contribution is 2.35. The average Bonchev–Trinajstić information content (AvgIpc) is 2.81. The van der Waals surface area contributed by atoms with E-state index in [1.807, 2.05) is 32.0 Å². The van der Waals surface area contributed by atoms with E-state index in [-0.39, 0.29) is 18.2 Å². The van der Waals surface area contributed by atoms with E-state index in [0.29, 0.717) is 35.9 Å². The molecule has 1 aromatic heterocycles. The molecule has 182 valence electrons. The van der Waals surface area contributed by atoms with Crippen molar-refractivity contribution in [3.63, 3.8) is 0 Å². The van der Waals surface area contributed by atoms with Crippen molar-refractivity contribution >= 4 is 29.0 Å². The van der Waals surface area contributed by atoms with Gasteiger partial charge in [-0.15, -0.1) is 0 Å². The van der Waals surface area contributed by atoms with Gasteiger partial charge in [-0.3, -0.25) is 9.59 Å². The van der Waals surface area contributed by atoms with Gasteiger partial charge in [-0.2, -0.15) is 0 Å². The Balaban J connectivity index is 1.51. The Morgan fingerprint density at radius 1 is 1.18 bits per heavy atom. The van der Waals surface area contributed by atoms with Crippen LogP contribution >= 0.6 is 0 Å². The predicted octanol–water partition coefficient (Wildman–Crippen LogP) is 1.55. The molecule has 4 rings (SSSR count). The summed E-state index contributed by atoms with van der Waals surface area (Å²) in [5.74, 6) is 0.241. The van der Waals surface area contributed by atoms with Crippen LogP contribution in [0.2, 0.25) is 0 Å². The van der Waals surface area contributed by atoms with E-state index in [1.165, 1.54) is 0 Å². The first kappa shape index (κ1) is 23.9. The van der Waals surface area contributed by atoms with Crippen molar-refractivity contribution in [1.82, 2.24) is 19.8 Å². The summed E-state index contributed by atoms with van der Waals surface area (Å²) in [6, 6.07) is 5.49. The second kappa shape index (κ2) is 10.4. The van der Waals surface area contributed by atoms with Gasteiger partial charge in [0, 0.05) is 38.4 Å². The lowest BCUT2D eigenvalue weighted by atomic mass is 10.2. The number of benzene rings is 1. The van der Waals surface area contributed by atoms with Gasteiger partial charge in [0.15, 0.2) is 18.1 Å². The third kappa shape index (κ3) is 5.28. The fourth-order valence-electron chi connectivity index (χ4n) is 4.33. The summed E-state index contributed by atoms with van der Waals surface area (Å²) < 4.78 is 5.65. The number of likely N-dealkylation sites (N-methyl/N-ethyl adjacent to an activating group) is 1. The lowest BCUT2D eigenvalue weighted by Crippen LogP contribution is -2.46. The number of hydrogen-bond donors (Lipinski definition) is 2. The second-order valence-corrected chi connectivity index (χ2v) is 8.81. The molecule has 10 nitrogen and oxygen atoms in total. The summed E-state index contributed by atoms with van der Waals surface area (Å²) in [6.07, 6.45) is 1.53. The predicted molar refractivity (Wildman–Crippen MR) is 131 cm³/mol. The molecule has 2 aliphatic rings. The number of anilines is 3. The SMILES string of the molecule is CCc1nc(C(N)=O)c(Nc2ccc3c(c2)N(CCCN2CCN(C)CC2)C(=O)CO3)nc1C. The molecule has 3 heterocycles. The number of primary amides is 1. The molecule has 0 atom stereocenters. The van der Waals surface area contributed by atoms with Crippen LogP contribution in [0.4, 0.5) is 17.2 Å². The van der Waals surface area contributed by atoms with E-state index >= 15 is 0 Å². The summed E-state index contributed by atoms with van der Waals surface area (Å²) >= 11 is 0. The van der Waals surface area contributed by atoms with E-state index in [2.05, 4.69) is 32.1 Å². The molecular formula is C24H33N7O3. The van der Waals surface area contributed by atoms with Crippen molar-refractivity contribution in [3.05, 3.63) is 35.3 Å². The van der Waals surface area contributed by atoms with Gasteiger partial charge in [-0.05, 0) is 51.6 Å². The Bertz CT molecular complexity index is 1070. The van der Waals surface area contributed by atoms with E-state index in [4.69, 9.17) is 10.5 Å². The number of amides is 2. The molecule has 2 amide bonds. The van der Waals surface area contributed by atoms with Crippen LogP contribution < -0.4 is 20.7 Å². The molecular weight excluding hydrogens is 434 g/mol. The number of aromatic nitrogens is 2. The fraction of sp³-hybridized carbons (Fsp3) is 0.500. The molecule has 2 aliphatic heterocycles. The van der Waals surface area contributed by atoms with Gasteiger partial charge >= 0.3 is 0 Å². The lowest BCUT2D eigenvalue weighted by molar-refractivity contribution is -0.121. The molecule has 0 unspecified atom stereocenters. The minimum absolute atomic E-state index is 0.0310. The van der Waals surface area contributed by atoms with Crippen LogP contribution in [0.1, 0.15) is 35.2 Å². The van der Waals surface area contributed by atoms with Crippen LogP contribution in [-0.4, -0.2) is 84.5 Å². The minimum Gasteiger partial charge on any atom is -0.482 e. The Morgan fingerprint density at radius 2 is 1.94 bits per heavy atom. The van der Waals surface area contributed by atoms with Gasteiger partial charge in [0.1, 0.15) is 5.75 Å². The van der Waals surface area contributed by atoms with E-state index < -0.39 is 5.91 Å². The van der Waals surface area contributed by atoms with Crippen LogP contribution in [0.15, 0.2) is 18.2 Å². The van der Waals surface area contributed by atoms with Crippen molar-refractivity contribution in [3.8, 4) is 5.75 Å². The van der Waals surface area contributed by atoms with E-state index in [0.717, 1.165) is 50.5 Å². The van der Waals surface area contributed by atoms with Crippen molar-refractivity contribution in [2.24, 2.45) is 5.73 Å². The van der Waals surface area contributed by atoms with Gasteiger partial charge in [0.2, 0.25) is 0 Å². The molecule has 0 bridgehead atoms. The first-order valence-corrected chi connectivity index (χ1v) is 11.8.